The number of benzene rings is 1. The van der Waals surface area contributed by atoms with E-state index in [1.807, 2.05) is 11.9 Å². The van der Waals surface area contributed by atoms with E-state index in [9.17, 15) is 4.79 Å². The lowest BCUT2D eigenvalue weighted by Gasteiger charge is -2.39. The molecule has 4 nitrogen and oxygen atoms in total. The van der Waals surface area contributed by atoms with Gasteiger partial charge < -0.3 is 15.1 Å². The first kappa shape index (κ1) is 23.1. The van der Waals surface area contributed by atoms with E-state index in [-0.39, 0.29) is 24.8 Å². The van der Waals surface area contributed by atoms with Crippen molar-refractivity contribution >= 4 is 36.4 Å². The van der Waals surface area contributed by atoms with Crippen LogP contribution in [-0.4, -0.2) is 50.1 Å². The van der Waals surface area contributed by atoms with E-state index >= 15 is 0 Å². The van der Waals surface area contributed by atoms with Crippen LogP contribution in [0, 0.1) is 5.92 Å². The molecule has 0 spiro atoms. The van der Waals surface area contributed by atoms with Gasteiger partial charge in [0.05, 0.1) is 0 Å². The highest BCUT2D eigenvalue weighted by atomic mass is 35.5. The Kier molecular flexibility index (Phi) is 10.4. The monoisotopic (exact) mass is 401 g/mol. The van der Waals surface area contributed by atoms with Crippen molar-refractivity contribution in [3.63, 3.8) is 0 Å². The molecule has 1 N–H and O–H groups in total. The first-order valence-corrected chi connectivity index (χ1v) is 9.50. The molecule has 1 aromatic carbocycles. The second-order valence-electron chi connectivity index (χ2n) is 7.31. The largest absolute Gasteiger partial charge is 0.369 e. The van der Waals surface area contributed by atoms with Crippen molar-refractivity contribution in [2.75, 3.05) is 38.1 Å². The topological polar surface area (TPSA) is 35.6 Å². The van der Waals surface area contributed by atoms with Crippen molar-refractivity contribution in [2.24, 2.45) is 5.92 Å². The fourth-order valence-electron chi connectivity index (χ4n) is 4.02. The summed E-state index contributed by atoms with van der Waals surface area (Å²) in [5, 5.41) is 3.40. The summed E-state index contributed by atoms with van der Waals surface area (Å²) in [4.78, 5) is 17.1. The van der Waals surface area contributed by atoms with E-state index in [4.69, 9.17) is 0 Å². The predicted molar refractivity (Wildman–Crippen MR) is 114 cm³/mol. The van der Waals surface area contributed by atoms with E-state index in [0.717, 1.165) is 51.4 Å². The van der Waals surface area contributed by atoms with Gasteiger partial charge in [0.15, 0.2) is 0 Å². The fourth-order valence-corrected chi connectivity index (χ4v) is 4.02. The molecule has 0 saturated carbocycles. The molecule has 2 aliphatic heterocycles. The number of amides is 1. The maximum atomic E-state index is 12.6. The Labute approximate surface area is 170 Å². The molecule has 148 valence electrons. The van der Waals surface area contributed by atoms with E-state index in [2.05, 4.69) is 40.5 Å². The van der Waals surface area contributed by atoms with E-state index in [0.29, 0.717) is 18.4 Å². The van der Waals surface area contributed by atoms with E-state index in [1.165, 1.54) is 18.5 Å². The Hall–Kier alpha value is -0.970. The molecule has 1 aromatic rings. The lowest BCUT2D eigenvalue weighted by Crippen LogP contribution is -2.48. The SMILES string of the molecule is CN(C(=O)CCC1CCNCC1)C1CCCN(c2ccccc2)C1.Cl.Cl. The smallest absolute Gasteiger partial charge is 0.222 e. The van der Waals surface area contributed by atoms with Crippen LogP contribution in [-0.2, 0) is 4.79 Å². The van der Waals surface area contributed by atoms with Gasteiger partial charge in [0.2, 0.25) is 5.91 Å². The van der Waals surface area contributed by atoms with Crippen LogP contribution in [0.25, 0.3) is 0 Å². The number of nitrogens with zero attached hydrogens (tertiary/aromatic N) is 2. The maximum absolute atomic E-state index is 12.6. The lowest BCUT2D eigenvalue weighted by molar-refractivity contribution is -0.132. The Balaban J connectivity index is 0.00000169. The summed E-state index contributed by atoms with van der Waals surface area (Å²) in [6, 6.07) is 10.9. The van der Waals surface area contributed by atoms with Gasteiger partial charge in [-0.2, -0.15) is 0 Å². The van der Waals surface area contributed by atoms with Crippen molar-refractivity contribution in [1.29, 1.82) is 0 Å². The summed E-state index contributed by atoms with van der Waals surface area (Å²) in [6.07, 6.45) is 6.50. The summed E-state index contributed by atoms with van der Waals surface area (Å²) in [5.41, 5.74) is 1.28. The second-order valence-corrected chi connectivity index (χ2v) is 7.31. The zero-order chi connectivity index (χ0) is 16.8. The third-order valence-electron chi connectivity index (χ3n) is 5.68. The zero-order valence-electron chi connectivity index (χ0n) is 15.7. The average molecular weight is 402 g/mol. The van der Waals surface area contributed by atoms with Crippen LogP contribution in [0.3, 0.4) is 0 Å². The molecule has 2 heterocycles. The van der Waals surface area contributed by atoms with Crippen LogP contribution in [0.5, 0.6) is 0 Å². The zero-order valence-corrected chi connectivity index (χ0v) is 17.4. The third-order valence-corrected chi connectivity index (χ3v) is 5.68. The number of carbonyl (C=O) groups is 1. The fraction of sp³-hybridized carbons (Fsp3) is 0.650. The molecule has 2 fully saturated rings. The molecule has 0 aliphatic carbocycles. The molecule has 0 radical (unpaired) electrons. The van der Waals surface area contributed by atoms with E-state index < -0.39 is 0 Å². The number of likely N-dealkylation sites (N-methyl/N-ethyl adjacent to an activating group) is 1. The number of piperidine rings is 2. The summed E-state index contributed by atoms with van der Waals surface area (Å²) in [6.45, 7) is 4.28. The van der Waals surface area contributed by atoms with Gasteiger partial charge in [-0.3, -0.25) is 4.79 Å². The molecule has 0 aromatic heterocycles. The third kappa shape index (κ3) is 6.33. The Bertz CT molecular complexity index is 523. The van der Waals surface area contributed by atoms with Crippen molar-refractivity contribution in [2.45, 2.75) is 44.6 Å². The molecule has 26 heavy (non-hydrogen) atoms. The van der Waals surface area contributed by atoms with Crippen LogP contribution in [0.15, 0.2) is 30.3 Å². The summed E-state index contributed by atoms with van der Waals surface area (Å²) >= 11 is 0. The normalized spacial score (nSPS) is 20.7. The Morgan fingerprint density at radius 1 is 1.15 bits per heavy atom. The van der Waals surface area contributed by atoms with Gasteiger partial charge in [-0.05, 0) is 63.2 Å². The summed E-state index contributed by atoms with van der Waals surface area (Å²) < 4.78 is 0. The van der Waals surface area contributed by atoms with Gasteiger partial charge in [0, 0.05) is 38.3 Å². The Morgan fingerprint density at radius 3 is 2.54 bits per heavy atom. The molecule has 1 atom stereocenters. The van der Waals surface area contributed by atoms with Gasteiger partial charge in [-0.25, -0.2) is 0 Å². The molecule has 2 aliphatic rings. The number of halogens is 2. The predicted octanol–water partition coefficient (Wildman–Crippen LogP) is 3.74. The molecule has 6 heteroatoms. The number of hydrogen-bond acceptors (Lipinski definition) is 3. The molecule has 3 rings (SSSR count). The van der Waals surface area contributed by atoms with Crippen molar-refractivity contribution in [3.8, 4) is 0 Å². The molecule has 0 bridgehead atoms. The quantitative estimate of drug-likeness (QED) is 0.815. The number of anilines is 1. The maximum Gasteiger partial charge on any atom is 0.222 e. The van der Waals surface area contributed by atoms with Crippen molar-refractivity contribution < 1.29 is 4.79 Å². The van der Waals surface area contributed by atoms with Gasteiger partial charge >= 0.3 is 0 Å². The van der Waals surface area contributed by atoms with Crippen LogP contribution >= 0.6 is 24.8 Å². The van der Waals surface area contributed by atoms with E-state index in [1.54, 1.807) is 0 Å². The highest BCUT2D eigenvalue weighted by Crippen LogP contribution is 2.23. The Morgan fingerprint density at radius 2 is 1.85 bits per heavy atom. The number of nitrogens with one attached hydrogen (secondary N) is 1. The van der Waals surface area contributed by atoms with Gasteiger partial charge in [0.25, 0.3) is 0 Å². The van der Waals surface area contributed by atoms with Crippen LogP contribution in [0.2, 0.25) is 0 Å². The van der Waals surface area contributed by atoms with Gasteiger partial charge in [-0.15, -0.1) is 24.8 Å². The minimum Gasteiger partial charge on any atom is -0.369 e. The minimum atomic E-state index is 0. The van der Waals surface area contributed by atoms with Crippen LogP contribution < -0.4 is 10.2 Å². The van der Waals surface area contributed by atoms with Gasteiger partial charge in [-0.1, -0.05) is 18.2 Å². The summed E-state index contributed by atoms with van der Waals surface area (Å²) in [5.74, 6) is 1.06. The molecular formula is C20H33Cl2N3O. The minimum absolute atomic E-state index is 0. The van der Waals surface area contributed by atoms with Gasteiger partial charge in [0.1, 0.15) is 0 Å². The molecular weight excluding hydrogens is 369 g/mol. The average Bonchev–Trinajstić information content (AvgIpc) is 2.67. The first-order valence-electron chi connectivity index (χ1n) is 9.50. The highest BCUT2D eigenvalue weighted by Gasteiger charge is 2.26. The molecule has 2 saturated heterocycles. The number of carbonyl (C=O) groups excluding carboxylic acids is 1. The first-order chi connectivity index (χ1) is 11.7. The number of para-hydroxylation sites is 1. The highest BCUT2D eigenvalue weighted by molar-refractivity contribution is 5.85. The second kappa shape index (κ2) is 11.7. The molecule has 1 unspecified atom stereocenters. The van der Waals surface area contributed by atoms with Crippen LogP contribution in [0.1, 0.15) is 38.5 Å². The number of rotatable bonds is 5. The molecule has 1 amide bonds. The number of hydrogen-bond donors (Lipinski definition) is 1. The van der Waals surface area contributed by atoms with Crippen LogP contribution in [0.4, 0.5) is 5.69 Å². The standard InChI is InChI=1S/C20H31N3O.2ClH/c1-22(20(24)10-9-17-11-13-21-14-12-17)19-8-5-15-23(16-19)18-6-3-2-4-7-18;;/h2-4,6-7,17,19,21H,5,8-16H2,1H3;2*1H. The van der Waals surface area contributed by atoms with Crippen molar-refractivity contribution in [3.05, 3.63) is 30.3 Å². The van der Waals surface area contributed by atoms with Crippen molar-refractivity contribution in [1.82, 2.24) is 10.2 Å². The lowest BCUT2D eigenvalue weighted by atomic mass is 9.93. The summed E-state index contributed by atoms with van der Waals surface area (Å²) in [7, 11) is 2.00.